The molecule has 7 heteroatoms. The minimum Gasteiger partial charge on any atom is -0.394 e. The van der Waals surface area contributed by atoms with Gasteiger partial charge in [0.15, 0.2) is 6.23 Å². The molecule has 1 amide bonds. The number of ether oxygens (including phenoxy) is 2. The van der Waals surface area contributed by atoms with Crippen molar-refractivity contribution in [3.05, 3.63) is 12.3 Å². The van der Waals surface area contributed by atoms with E-state index in [4.69, 9.17) is 14.6 Å². The normalized spacial score (nSPS) is 37.4. The molecule has 0 aromatic heterocycles. The second-order valence-corrected chi connectivity index (χ2v) is 3.97. The molecule has 3 N–H and O–H groups in total. The quantitative estimate of drug-likeness (QED) is 0.531. The molecule has 1 saturated heterocycles. The minimum atomic E-state index is -0.888. The van der Waals surface area contributed by atoms with Gasteiger partial charge in [0, 0.05) is 19.4 Å². The van der Waals surface area contributed by atoms with Crippen LogP contribution in [-0.2, 0) is 14.3 Å². The molecule has 2 heterocycles. The smallest absolute Gasteiger partial charge is 0.246 e. The number of aliphatic hydroxyl groups is 2. The molecule has 2 aliphatic heterocycles. The molecule has 0 spiro atoms. The van der Waals surface area contributed by atoms with Gasteiger partial charge < -0.3 is 29.9 Å². The zero-order valence-electron chi connectivity index (χ0n) is 9.44. The number of nitrogens with one attached hydrogen (secondary N) is 1. The molecule has 2 rings (SSSR count). The second-order valence-electron chi connectivity index (χ2n) is 3.97. The first-order valence-electron chi connectivity index (χ1n) is 5.36. The number of hydrogen-bond acceptors (Lipinski definition) is 6. The number of carbonyl (C=O) groups excluding carboxylic acids is 1. The number of rotatable bonds is 3. The molecule has 1 fully saturated rings. The van der Waals surface area contributed by atoms with Gasteiger partial charge >= 0.3 is 0 Å². The standard InChI is InChI=1S/C10H16N2O5/c1-16-9-8(15)6(4-13)17-10(9)12-3-2-7(14)11-5-12/h2-3,6,8-10,13,15H,4-5H2,1H3,(H,11,14). The van der Waals surface area contributed by atoms with Crippen LogP contribution in [-0.4, -0.2) is 65.9 Å². The predicted molar refractivity (Wildman–Crippen MR) is 56.5 cm³/mol. The minimum absolute atomic E-state index is 0.174. The van der Waals surface area contributed by atoms with E-state index in [9.17, 15) is 9.90 Å². The van der Waals surface area contributed by atoms with Crippen LogP contribution in [0.3, 0.4) is 0 Å². The second kappa shape index (κ2) is 5.01. The zero-order valence-corrected chi connectivity index (χ0v) is 9.44. The van der Waals surface area contributed by atoms with Gasteiger partial charge in [-0.1, -0.05) is 0 Å². The average Bonchev–Trinajstić information content (AvgIpc) is 2.66. The predicted octanol–water partition coefficient (Wildman–Crippen LogP) is -2.02. The van der Waals surface area contributed by atoms with Crippen molar-refractivity contribution in [1.82, 2.24) is 10.2 Å². The number of carbonyl (C=O) groups is 1. The Labute approximate surface area is 98.6 Å². The van der Waals surface area contributed by atoms with Gasteiger partial charge in [-0.25, -0.2) is 0 Å². The summed E-state index contributed by atoms with van der Waals surface area (Å²) in [6, 6.07) is 0. The number of aliphatic hydroxyl groups excluding tert-OH is 2. The number of amides is 1. The zero-order chi connectivity index (χ0) is 12.4. The molecule has 17 heavy (non-hydrogen) atoms. The van der Waals surface area contributed by atoms with Crippen molar-refractivity contribution in [2.24, 2.45) is 0 Å². The van der Waals surface area contributed by atoms with Gasteiger partial charge in [-0.2, -0.15) is 0 Å². The van der Waals surface area contributed by atoms with Crippen LogP contribution in [0.15, 0.2) is 12.3 Å². The maximum Gasteiger partial charge on any atom is 0.246 e. The Balaban J connectivity index is 2.09. The number of nitrogens with zero attached hydrogens (tertiary/aromatic N) is 1. The lowest BCUT2D eigenvalue weighted by Gasteiger charge is -2.32. The van der Waals surface area contributed by atoms with Crippen LogP contribution < -0.4 is 5.32 Å². The summed E-state index contributed by atoms with van der Waals surface area (Å²) in [6.07, 6.45) is 0.313. The van der Waals surface area contributed by atoms with E-state index in [1.807, 2.05) is 0 Å². The molecule has 7 nitrogen and oxygen atoms in total. The molecule has 0 bridgehead atoms. The first-order chi connectivity index (χ1) is 8.17. The largest absolute Gasteiger partial charge is 0.394 e. The highest BCUT2D eigenvalue weighted by Gasteiger charge is 2.46. The Morgan fingerprint density at radius 2 is 2.47 bits per heavy atom. The maximum atomic E-state index is 11.0. The van der Waals surface area contributed by atoms with Crippen molar-refractivity contribution in [2.45, 2.75) is 24.5 Å². The van der Waals surface area contributed by atoms with Crippen LogP contribution in [0.5, 0.6) is 0 Å². The van der Waals surface area contributed by atoms with E-state index in [-0.39, 0.29) is 19.2 Å². The molecule has 4 atom stereocenters. The van der Waals surface area contributed by atoms with Gasteiger partial charge in [-0.15, -0.1) is 0 Å². The van der Waals surface area contributed by atoms with Gasteiger partial charge in [0.1, 0.15) is 18.3 Å². The van der Waals surface area contributed by atoms with E-state index in [0.717, 1.165) is 0 Å². The molecule has 0 aromatic rings. The fraction of sp³-hybridized carbons (Fsp3) is 0.700. The van der Waals surface area contributed by atoms with Crippen molar-refractivity contribution in [3.8, 4) is 0 Å². The molecular weight excluding hydrogens is 228 g/mol. The van der Waals surface area contributed by atoms with Gasteiger partial charge in [-0.05, 0) is 0 Å². The fourth-order valence-electron chi connectivity index (χ4n) is 2.01. The van der Waals surface area contributed by atoms with E-state index in [1.54, 1.807) is 11.1 Å². The summed E-state index contributed by atoms with van der Waals surface area (Å²) >= 11 is 0. The first kappa shape index (κ1) is 12.3. The monoisotopic (exact) mass is 244 g/mol. The summed E-state index contributed by atoms with van der Waals surface area (Å²) in [4.78, 5) is 12.7. The van der Waals surface area contributed by atoms with Crippen molar-refractivity contribution in [3.63, 3.8) is 0 Å². The molecule has 2 aliphatic rings. The Hall–Kier alpha value is -1.15. The SMILES string of the molecule is COC1C(O)C(CO)OC1N1C=CC(=O)NC1. The molecular formula is C10H16N2O5. The first-order valence-corrected chi connectivity index (χ1v) is 5.36. The summed E-state index contributed by atoms with van der Waals surface area (Å²) in [7, 11) is 1.47. The summed E-state index contributed by atoms with van der Waals surface area (Å²) in [5.74, 6) is -0.174. The average molecular weight is 244 g/mol. The molecule has 96 valence electrons. The number of hydrogen-bond donors (Lipinski definition) is 3. The van der Waals surface area contributed by atoms with E-state index in [1.165, 1.54) is 13.2 Å². The van der Waals surface area contributed by atoms with Crippen molar-refractivity contribution in [1.29, 1.82) is 0 Å². The summed E-state index contributed by atoms with van der Waals surface area (Å²) in [5.41, 5.74) is 0. The maximum absolute atomic E-state index is 11.0. The van der Waals surface area contributed by atoms with Gasteiger partial charge in [0.2, 0.25) is 5.91 Å². The molecule has 0 aromatic carbocycles. The Bertz CT molecular complexity index is 322. The summed E-state index contributed by atoms with van der Waals surface area (Å²) in [5, 5.41) is 21.5. The van der Waals surface area contributed by atoms with Crippen LogP contribution in [0.1, 0.15) is 0 Å². The Morgan fingerprint density at radius 1 is 1.71 bits per heavy atom. The van der Waals surface area contributed by atoms with Crippen LogP contribution >= 0.6 is 0 Å². The summed E-state index contributed by atoms with van der Waals surface area (Å²) < 4.78 is 10.7. The fourth-order valence-corrected chi connectivity index (χ4v) is 2.01. The van der Waals surface area contributed by atoms with E-state index in [2.05, 4.69) is 5.32 Å². The van der Waals surface area contributed by atoms with Crippen LogP contribution in [0.25, 0.3) is 0 Å². The third kappa shape index (κ3) is 2.27. The van der Waals surface area contributed by atoms with Gasteiger partial charge in [-0.3, -0.25) is 4.79 Å². The summed E-state index contributed by atoms with van der Waals surface area (Å²) in [6.45, 7) is 0.00612. The molecule has 0 aliphatic carbocycles. The molecule has 4 unspecified atom stereocenters. The lowest BCUT2D eigenvalue weighted by molar-refractivity contribution is -0.122. The molecule has 0 radical (unpaired) electrons. The highest BCUT2D eigenvalue weighted by Crippen LogP contribution is 2.26. The lowest BCUT2D eigenvalue weighted by Crippen LogP contribution is -2.48. The Kier molecular flexibility index (Phi) is 3.63. The highest BCUT2D eigenvalue weighted by atomic mass is 16.6. The van der Waals surface area contributed by atoms with Gasteiger partial charge in [0.25, 0.3) is 0 Å². The van der Waals surface area contributed by atoms with E-state index >= 15 is 0 Å². The van der Waals surface area contributed by atoms with Crippen LogP contribution in [0, 0.1) is 0 Å². The van der Waals surface area contributed by atoms with Crippen LogP contribution in [0.4, 0.5) is 0 Å². The number of methoxy groups -OCH3 is 1. The van der Waals surface area contributed by atoms with Crippen molar-refractivity contribution >= 4 is 5.91 Å². The lowest BCUT2D eigenvalue weighted by atomic mass is 10.1. The Morgan fingerprint density at radius 3 is 3.00 bits per heavy atom. The van der Waals surface area contributed by atoms with Crippen molar-refractivity contribution < 1.29 is 24.5 Å². The topological polar surface area (TPSA) is 91.3 Å². The van der Waals surface area contributed by atoms with Crippen LogP contribution in [0.2, 0.25) is 0 Å². The van der Waals surface area contributed by atoms with E-state index < -0.39 is 24.5 Å². The molecule has 0 saturated carbocycles. The third-order valence-corrected chi connectivity index (χ3v) is 2.95. The van der Waals surface area contributed by atoms with E-state index in [0.29, 0.717) is 0 Å². The van der Waals surface area contributed by atoms with Gasteiger partial charge in [0.05, 0.1) is 13.3 Å². The van der Waals surface area contributed by atoms with Crippen molar-refractivity contribution in [2.75, 3.05) is 20.4 Å². The highest BCUT2D eigenvalue weighted by molar-refractivity contribution is 5.87. The third-order valence-electron chi connectivity index (χ3n) is 2.95.